The number of para-hydroxylation sites is 1. The van der Waals surface area contributed by atoms with Crippen molar-refractivity contribution in [2.75, 3.05) is 19.6 Å². The minimum Gasteiger partial charge on any atom is -0.422 e. The Labute approximate surface area is 167 Å². The number of hydrogen-bond donors (Lipinski definition) is 1. The van der Waals surface area contributed by atoms with Crippen molar-refractivity contribution in [2.24, 2.45) is 0 Å². The maximum Gasteiger partial charge on any atom is 0.349 e. The van der Waals surface area contributed by atoms with E-state index in [0.29, 0.717) is 12.1 Å². The van der Waals surface area contributed by atoms with Crippen LogP contribution < -0.4 is 10.9 Å². The van der Waals surface area contributed by atoms with Crippen molar-refractivity contribution in [3.05, 3.63) is 68.7 Å². The predicted molar refractivity (Wildman–Crippen MR) is 110 cm³/mol. The van der Waals surface area contributed by atoms with Crippen molar-refractivity contribution in [1.29, 1.82) is 0 Å². The maximum absolute atomic E-state index is 12.6. The number of carbonyl (C=O) groups is 1. The highest BCUT2D eigenvalue weighted by atomic mass is 35.5. The van der Waals surface area contributed by atoms with Crippen molar-refractivity contribution >= 4 is 40.6 Å². The summed E-state index contributed by atoms with van der Waals surface area (Å²) in [5.74, 6) is -0.384. The molecule has 1 aromatic carbocycles. The van der Waals surface area contributed by atoms with E-state index in [1.165, 1.54) is 17.7 Å². The van der Waals surface area contributed by atoms with Gasteiger partial charge in [0.25, 0.3) is 5.91 Å². The average molecular weight is 405 g/mol. The molecule has 0 radical (unpaired) electrons. The number of amides is 1. The Kier molecular flexibility index (Phi) is 6.31. The average Bonchev–Trinajstić information content (AvgIpc) is 3.35. The molecule has 27 heavy (non-hydrogen) atoms. The first-order chi connectivity index (χ1) is 12.7. The van der Waals surface area contributed by atoms with Crippen molar-refractivity contribution in [3.8, 4) is 0 Å². The molecule has 0 aliphatic carbocycles. The molecule has 1 aliphatic heterocycles. The van der Waals surface area contributed by atoms with E-state index in [4.69, 9.17) is 4.42 Å². The molecule has 3 aromatic rings. The summed E-state index contributed by atoms with van der Waals surface area (Å²) >= 11 is 1.70. The molecule has 1 aliphatic rings. The minimum absolute atomic E-state index is 0. The molecule has 142 valence electrons. The van der Waals surface area contributed by atoms with Crippen LogP contribution in [-0.4, -0.2) is 30.4 Å². The fraction of sp³-hybridized carbons (Fsp3) is 0.300. The molecule has 2 aromatic heterocycles. The second-order valence-electron chi connectivity index (χ2n) is 6.47. The number of halogens is 1. The Bertz CT molecular complexity index is 965. The van der Waals surface area contributed by atoms with Crippen LogP contribution in [0.15, 0.2) is 57.1 Å². The van der Waals surface area contributed by atoms with Crippen molar-refractivity contribution in [2.45, 2.75) is 18.9 Å². The van der Waals surface area contributed by atoms with Crippen LogP contribution >= 0.6 is 23.7 Å². The van der Waals surface area contributed by atoms with Gasteiger partial charge in [0.1, 0.15) is 11.1 Å². The van der Waals surface area contributed by atoms with Gasteiger partial charge in [-0.25, -0.2) is 4.79 Å². The third-order valence-corrected chi connectivity index (χ3v) is 5.77. The number of fused-ring (bicyclic) bond motifs is 1. The van der Waals surface area contributed by atoms with Gasteiger partial charge in [-0.1, -0.05) is 24.3 Å². The highest BCUT2D eigenvalue weighted by Crippen LogP contribution is 2.27. The first kappa shape index (κ1) is 19.6. The smallest absolute Gasteiger partial charge is 0.349 e. The van der Waals surface area contributed by atoms with Gasteiger partial charge < -0.3 is 9.73 Å². The summed E-state index contributed by atoms with van der Waals surface area (Å²) in [7, 11) is 0. The van der Waals surface area contributed by atoms with Gasteiger partial charge in [0.2, 0.25) is 0 Å². The van der Waals surface area contributed by atoms with E-state index in [2.05, 4.69) is 21.7 Å². The summed E-state index contributed by atoms with van der Waals surface area (Å²) in [5.41, 5.74) is -0.0623. The molecule has 1 atom stereocenters. The van der Waals surface area contributed by atoms with Crippen LogP contribution in [0, 0.1) is 0 Å². The third kappa shape index (κ3) is 4.24. The molecule has 1 N–H and O–H groups in total. The lowest BCUT2D eigenvalue weighted by Gasteiger charge is -2.26. The summed E-state index contributed by atoms with van der Waals surface area (Å²) in [4.78, 5) is 28.4. The zero-order chi connectivity index (χ0) is 17.9. The van der Waals surface area contributed by atoms with Crippen LogP contribution in [0.2, 0.25) is 0 Å². The van der Waals surface area contributed by atoms with Crippen molar-refractivity contribution in [3.63, 3.8) is 0 Å². The standard InChI is InChI=1S/C20H20N2O3S.ClH/c23-19(15-12-14-6-1-2-7-17(14)25-20(15)24)21-13-16(18-8-5-11-26-18)22-9-3-4-10-22;/h1-2,5-8,11-12,16H,3-4,9-10,13H2,(H,21,23);1H. The van der Waals surface area contributed by atoms with Crippen LogP contribution in [0.1, 0.15) is 34.1 Å². The van der Waals surface area contributed by atoms with Gasteiger partial charge in [-0.3, -0.25) is 9.69 Å². The lowest BCUT2D eigenvalue weighted by molar-refractivity contribution is 0.0935. The summed E-state index contributed by atoms with van der Waals surface area (Å²) in [6.07, 6.45) is 2.37. The molecule has 0 bridgehead atoms. The highest BCUT2D eigenvalue weighted by molar-refractivity contribution is 7.10. The van der Waals surface area contributed by atoms with Gasteiger partial charge in [0.05, 0.1) is 6.04 Å². The predicted octanol–water partition coefficient (Wildman–Crippen LogP) is 3.84. The normalized spacial score (nSPS) is 15.4. The Hall–Kier alpha value is -2.15. The first-order valence-corrected chi connectivity index (χ1v) is 9.69. The molecule has 1 unspecified atom stereocenters. The molecule has 5 nitrogen and oxygen atoms in total. The number of thiophene rings is 1. The van der Waals surface area contributed by atoms with E-state index in [-0.39, 0.29) is 29.9 Å². The van der Waals surface area contributed by atoms with E-state index < -0.39 is 5.63 Å². The summed E-state index contributed by atoms with van der Waals surface area (Å²) in [5, 5.41) is 5.73. The number of carbonyl (C=O) groups excluding carboxylic acids is 1. The van der Waals surface area contributed by atoms with Gasteiger partial charge in [-0.2, -0.15) is 0 Å². The molecule has 0 spiro atoms. The van der Waals surface area contributed by atoms with Gasteiger partial charge >= 0.3 is 5.63 Å². The lowest BCUT2D eigenvalue weighted by atomic mass is 10.1. The van der Waals surface area contributed by atoms with Crippen LogP contribution in [0.3, 0.4) is 0 Å². The summed E-state index contributed by atoms with van der Waals surface area (Å²) < 4.78 is 5.27. The number of hydrogen-bond acceptors (Lipinski definition) is 5. The Morgan fingerprint density at radius 2 is 1.96 bits per heavy atom. The molecule has 4 rings (SSSR count). The molecule has 7 heteroatoms. The monoisotopic (exact) mass is 404 g/mol. The van der Waals surface area contributed by atoms with Gasteiger partial charge in [0.15, 0.2) is 0 Å². The number of nitrogens with one attached hydrogen (secondary N) is 1. The topological polar surface area (TPSA) is 62.6 Å². The SMILES string of the molecule is Cl.O=C(NCC(c1cccs1)N1CCCC1)c1cc2ccccc2oc1=O. The Morgan fingerprint density at radius 1 is 1.19 bits per heavy atom. The highest BCUT2D eigenvalue weighted by Gasteiger charge is 2.25. The zero-order valence-corrected chi connectivity index (χ0v) is 16.4. The van der Waals surface area contributed by atoms with Crippen molar-refractivity contribution in [1.82, 2.24) is 10.2 Å². The number of nitrogens with zero attached hydrogens (tertiary/aromatic N) is 1. The Balaban J connectivity index is 0.00000210. The number of likely N-dealkylation sites (tertiary alicyclic amines) is 1. The molecule has 0 saturated carbocycles. The van der Waals surface area contributed by atoms with E-state index in [1.54, 1.807) is 29.5 Å². The minimum atomic E-state index is -0.602. The lowest BCUT2D eigenvalue weighted by Crippen LogP contribution is -2.37. The second kappa shape index (κ2) is 8.69. The molecule has 1 fully saturated rings. The molecule has 1 amide bonds. The van der Waals surface area contributed by atoms with E-state index in [1.807, 2.05) is 18.2 Å². The van der Waals surface area contributed by atoms with Crippen LogP contribution in [0.4, 0.5) is 0 Å². The van der Waals surface area contributed by atoms with E-state index >= 15 is 0 Å². The Morgan fingerprint density at radius 3 is 2.70 bits per heavy atom. The van der Waals surface area contributed by atoms with E-state index in [0.717, 1.165) is 18.5 Å². The van der Waals surface area contributed by atoms with Crippen LogP contribution in [0.25, 0.3) is 11.0 Å². The second-order valence-corrected chi connectivity index (χ2v) is 7.45. The van der Waals surface area contributed by atoms with Gasteiger partial charge in [0, 0.05) is 16.8 Å². The maximum atomic E-state index is 12.6. The van der Waals surface area contributed by atoms with Gasteiger partial charge in [-0.05, 0) is 49.5 Å². The summed E-state index contributed by atoms with van der Waals surface area (Å²) in [6, 6.07) is 13.1. The van der Waals surface area contributed by atoms with Crippen LogP contribution in [0.5, 0.6) is 0 Å². The fourth-order valence-corrected chi connectivity index (χ4v) is 4.31. The van der Waals surface area contributed by atoms with E-state index in [9.17, 15) is 9.59 Å². The fourth-order valence-electron chi connectivity index (χ4n) is 3.45. The molecular weight excluding hydrogens is 384 g/mol. The molecule has 3 heterocycles. The molecular formula is C20H21ClN2O3S. The zero-order valence-electron chi connectivity index (χ0n) is 14.7. The quantitative estimate of drug-likeness (QED) is 0.656. The summed E-state index contributed by atoms with van der Waals surface area (Å²) in [6.45, 7) is 2.55. The van der Waals surface area contributed by atoms with Gasteiger partial charge in [-0.15, -0.1) is 23.7 Å². The first-order valence-electron chi connectivity index (χ1n) is 8.81. The van der Waals surface area contributed by atoms with Crippen LogP contribution in [-0.2, 0) is 0 Å². The largest absolute Gasteiger partial charge is 0.422 e. The van der Waals surface area contributed by atoms with Crippen molar-refractivity contribution < 1.29 is 9.21 Å². The third-order valence-electron chi connectivity index (χ3n) is 4.80. The molecule has 1 saturated heterocycles. The number of benzene rings is 1. The number of rotatable bonds is 5.